The highest BCUT2D eigenvalue weighted by Gasteiger charge is 2.11. The van der Waals surface area contributed by atoms with Crippen molar-refractivity contribution in [2.24, 2.45) is 0 Å². The number of hydrogen-bond donors (Lipinski definition) is 0. The summed E-state index contributed by atoms with van der Waals surface area (Å²) < 4.78 is 34.8. The summed E-state index contributed by atoms with van der Waals surface area (Å²) in [6, 6.07) is 11.5. The van der Waals surface area contributed by atoms with Crippen LogP contribution in [0.15, 0.2) is 42.5 Å². The molecule has 0 fully saturated rings. The number of benzene rings is 2. The van der Waals surface area contributed by atoms with Gasteiger partial charge in [0.15, 0.2) is 11.5 Å². The van der Waals surface area contributed by atoms with Gasteiger partial charge in [-0.25, -0.2) is 4.39 Å². The van der Waals surface area contributed by atoms with Gasteiger partial charge in [-0.1, -0.05) is 0 Å². The SMILES string of the molecule is Fc1ccc(OCCCOc2ccc3c(c2)OCCO3)cc1. The van der Waals surface area contributed by atoms with E-state index in [2.05, 4.69) is 0 Å². The summed E-state index contributed by atoms with van der Waals surface area (Å²) in [6.07, 6.45) is 0.728. The van der Waals surface area contributed by atoms with Gasteiger partial charge in [-0.3, -0.25) is 0 Å². The first-order chi connectivity index (χ1) is 10.8. The van der Waals surface area contributed by atoms with Crippen LogP contribution in [0.3, 0.4) is 0 Å². The third-order valence-electron chi connectivity index (χ3n) is 3.15. The predicted octanol–water partition coefficient (Wildman–Crippen LogP) is 3.44. The zero-order valence-electron chi connectivity index (χ0n) is 12.1. The van der Waals surface area contributed by atoms with Crippen molar-refractivity contribution >= 4 is 0 Å². The van der Waals surface area contributed by atoms with E-state index in [0.29, 0.717) is 37.9 Å². The maximum Gasteiger partial charge on any atom is 0.165 e. The van der Waals surface area contributed by atoms with Gasteiger partial charge in [0.2, 0.25) is 0 Å². The summed E-state index contributed by atoms with van der Waals surface area (Å²) in [5.74, 6) is 2.59. The molecule has 2 aromatic rings. The molecule has 0 aromatic heterocycles. The van der Waals surface area contributed by atoms with Crippen molar-refractivity contribution in [2.75, 3.05) is 26.4 Å². The Bertz CT molecular complexity index is 613. The van der Waals surface area contributed by atoms with Crippen LogP contribution in [0.5, 0.6) is 23.0 Å². The van der Waals surface area contributed by atoms with E-state index in [4.69, 9.17) is 18.9 Å². The molecule has 116 valence electrons. The van der Waals surface area contributed by atoms with E-state index in [9.17, 15) is 4.39 Å². The molecular weight excluding hydrogens is 287 g/mol. The van der Waals surface area contributed by atoms with E-state index in [1.54, 1.807) is 12.1 Å². The lowest BCUT2D eigenvalue weighted by Gasteiger charge is -2.18. The van der Waals surface area contributed by atoms with Crippen molar-refractivity contribution in [3.05, 3.63) is 48.3 Å². The molecule has 1 aliphatic rings. The smallest absolute Gasteiger partial charge is 0.165 e. The van der Waals surface area contributed by atoms with Gasteiger partial charge in [-0.15, -0.1) is 0 Å². The van der Waals surface area contributed by atoms with E-state index in [-0.39, 0.29) is 5.82 Å². The molecule has 1 aliphatic heterocycles. The Morgan fingerprint density at radius 2 is 1.45 bits per heavy atom. The van der Waals surface area contributed by atoms with E-state index >= 15 is 0 Å². The van der Waals surface area contributed by atoms with Crippen molar-refractivity contribution in [1.29, 1.82) is 0 Å². The third-order valence-corrected chi connectivity index (χ3v) is 3.15. The molecule has 0 radical (unpaired) electrons. The molecule has 3 rings (SSSR count). The van der Waals surface area contributed by atoms with Gasteiger partial charge < -0.3 is 18.9 Å². The van der Waals surface area contributed by atoms with Gasteiger partial charge in [-0.05, 0) is 36.4 Å². The molecule has 0 atom stereocenters. The molecule has 2 aromatic carbocycles. The van der Waals surface area contributed by atoms with Crippen LogP contribution in [-0.2, 0) is 0 Å². The second-order valence-electron chi connectivity index (χ2n) is 4.81. The highest BCUT2D eigenvalue weighted by Crippen LogP contribution is 2.33. The van der Waals surface area contributed by atoms with Crippen LogP contribution >= 0.6 is 0 Å². The molecule has 0 unspecified atom stereocenters. The molecule has 1 heterocycles. The number of fused-ring (bicyclic) bond motifs is 1. The van der Waals surface area contributed by atoms with E-state index < -0.39 is 0 Å². The molecule has 0 bridgehead atoms. The van der Waals surface area contributed by atoms with Gasteiger partial charge in [-0.2, -0.15) is 0 Å². The van der Waals surface area contributed by atoms with Crippen molar-refractivity contribution < 1.29 is 23.3 Å². The molecule has 0 saturated carbocycles. The largest absolute Gasteiger partial charge is 0.493 e. The first kappa shape index (κ1) is 14.5. The third kappa shape index (κ3) is 3.81. The first-order valence-corrected chi connectivity index (χ1v) is 7.22. The van der Waals surface area contributed by atoms with Gasteiger partial charge in [0.1, 0.15) is 30.5 Å². The zero-order valence-corrected chi connectivity index (χ0v) is 12.1. The van der Waals surface area contributed by atoms with Crippen molar-refractivity contribution in [3.8, 4) is 23.0 Å². The summed E-state index contributed by atoms with van der Waals surface area (Å²) in [4.78, 5) is 0. The molecule has 0 amide bonds. The Morgan fingerprint density at radius 3 is 2.23 bits per heavy atom. The zero-order chi connectivity index (χ0) is 15.2. The van der Waals surface area contributed by atoms with Crippen LogP contribution in [0.25, 0.3) is 0 Å². The van der Waals surface area contributed by atoms with Crippen molar-refractivity contribution in [3.63, 3.8) is 0 Å². The fourth-order valence-electron chi connectivity index (χ4n) is 2.08. The van der Waals surface area contributed by atoms with Gasteiger partial charge in [0.05, 0.1) is 13.2 Å². The summed E-state index contributed by atoms with van der Waals surface area (Å²) in [5.41, 5.74) is 0. The van der Waals surface area contributed by atoms with Gasteiger partial charge in [0, 0.05) is 12.5 Å². The monoisotopic (exact) mass is 304 g/mol. The van der Waals surface area contributed by atoms with Crippen molar-refractivity contribution in [1.82, 2.24) is 0 Å². The molecule has 4 nitrogen and oxygen atoms in total. The summed E-state index contributed by atoms with van der Waals surface area (Å²) in [5, 5.41) is 0. The molecule has 22 heavy (non-hydrogen) atoms. The lowest BCUT2D eigenvalue weighted by atomic mass is 10.3. The predicted molar refractivity (Wildman–Crippen MR) is 79.4 cm³/mol. The number of halogens is 1. The van der Waals surface area contributed by atoms with Crippen molar-refractivity contribution in [2.45, 2.75) is 6.42 Å². The second-order valence-corrected chi connectivity index (χ2v) is 4.81. The summed E-state index contributed by atoms with van der Waals surface area (Å²) in [6.45, 7) is 2.17. The molecular formula is C17H17FO4. The summed E-state index contributed by atoms with van der Waals surface area (Å²) in [7, 11) is 0. The maximum atomic E-state index is 12.7. The fourth-order valence-corrected chi connectivity index (χ4v) is 2.08. The number of rotatable bonds is 6. The Kier molecular flexibility index (Phi) is 4.63. The average Bonchev–Trinajstić information content (AvgIpc) is 2.56. The van der Waals surface area contributed by atoms with E-state index in [1.807, 2.05) is 18.2 Å². The van der Waals surface area contributed by atoms with Crippen LogP contribution in [0.4, 0.5) is 4.39 Å². The van der Waals surface area contributed by atoms with Crippen LogP contribution in [0.1, 0.15) is 6.42 Å². The molecule has 0 N–H and O–H groups in total. The highest BCUT2D eigenvalue weighted by molar-refractivity contribution is 5.46. The molecule has 0 saturated heterocycles. The Hall–Kier alpha value is -2.43. The standard InChI is InChI=1S/C17H17FO4/c18-13-2-4-14(5-3-13)19-8-1-9-20-15-6-7-16-17(12-15)22-11-10-21-16/h2-7,12H,1,8-11H2. The molecule has 0 aliphatic carbocycles. The average molecular weight is 304 g/mol. The maximum absolute atomic E-state index is 12.7. The Labute approximate surface area is 128 Å². The van der Waals surface area contributed by atoms with Crippen LogP contribution in [-0.4, -0.2) is 26.4 Å². The fraction of sp³-hybridized carbons (Fsp3) is 0.294. The minimum atomic E-state index is -0.269. The minimum Gasteiger partial charge on any atom is -0.493 e. The quantitative estimate of drug-likeness (QED) is 0.766. The highest BCUT2D eigenvalue weighted by atomic mass is 19.1. The number of ether oxygens (including phenoxy) is 4. The van der Waals surface area contributed by atoms with E-state index in [1.165, 1.54) is 12.1 Å². The lowest BCUT2D eigenvalue weighted by molar-refractivity contribution is 0.170. The Balaban J connectivity index is 1.40. The Morgan fingerprint density at radius 1 is 0.818 bits per heavy atom. The molecule has 5 heteroatoms. The molecule has 0 spiro atoms. The lowest BCUT2D eigenvalue weighted by Crippen LogP contribution is -2.15. The minimum absolute atomic E-state index is 0.269. The topological polar surface area (TPSA) is 36.9 Å². The van der Waals surface area contributed by atoms with Crippen LogP contribution in [0.2, 0.25) is 0 Å². The van der Waals surface area contributed by atoms with Gasteiger partial charge in [0.25, 0.3) is 0 Å². The second kappa shape index (κ2) is 7.02. The number of hydrogen-bond acceptors (Lipinski definition) is 4. The normalized spacial score (nSPS) is 12.8. The first-order valence-electron chi connectivity index (χ1n) is 7.22. The van der Waals surface area contributed by atoms with Crippen LogP contribution in [0, 0.1) is 5.82 Å². The summed E-state index contributed by atoms with van der Waals surface area (Å²) >= 11 is 0. The van der Waals surface area contributed by atoms with Gasteiger partial charge >= 0.3 is 0 Å². The van der Waals surface area contributed by atoms with E-state index in [0.717, 1.165) is 17.9 Å². The van der Waals surface area contributed by atoms with Crippen LogP contribution < -0.4 is 18.9 Å².